The van der Waals surface area contributed by atoms with Gasteiger partial charge in [0, 0.05) is 35.0 Å². The third kappa shape index (κ3) is 5.88. The van der Waals surface area contributed by atoms with Crippen molar-refractivity contribution < 1.29 is 30.7 Å². The van der Waals surface area contributed by atoms with Crippen LogP contribution in [-0.4, -0.2) is 25.0 Å². The Labute approximate surface area is 223 Å². The molecule has 0 unspecified atom stereocenters. The zero-order chi connectivity index (χ0) is 27.1. The summed E-state index contributed by atoms with van der Waals surface area (Å²) in [5, 5.41) is 0. The Bertz CT molecular complexity index is 1610. The highest BCUT2D eigenvalue weighted by Crippen LogP contribution is 2.44. The van der Waals surface area contributed by atoms with Gasteiger partial charge in [-0.05, 0) is 60.9 Å². The van der Waals surface area contributed by atoms with E-state index in [-0.39, 0.29) is 30.7 Å². The molecule has 1 atom stereocenters. The first kappa shape index (κ1) is 28.0. The van der Waals surface area contributed by atoms with Crippen LogP contribution < -0.4 is 9.46 Å². The van der Waals surface area contributed by atoms with Crippen molar-refractivity contribution in [2.24, 2.45) is 0 Å². The zero-order valence-corrected chi connectivity index (χ0v) is 20.8. The van der Waals surface area contributed by atoms with E-state index in [1.54, 1.807) is 25.1 Å². The molecule has 0 amide bonds. The SMILES string of the molecule is C.Cc1ccc(-c2cc(C(F)(F)F)ccc2[C@H]2CCOc3cc(S(=O)(=O)Nc4cccc(F)n4)ccc32)cn1. The topological polar surface area (TPSA) is 81.2 Å². The Kier molecular flexibility index (Phi) is 7.65. The molecule has 6 nitrogen and oxygen atoms in total. The zero-order valence-electron chi connectivity index (χ0n) is 20.0. The smallest absolute Gasteiger partial charge is 0.416 e. The van der Waals surface area contributed by atoms with Gasteiger partial charge in [-0.1, -0.05) is 31.7 Å². The number of benzene rings is 2. The summed E-state index contributed by atoms with van der Waals surface area (Å²) >= 11 is 0. The molecule has 1 aliphatic rings. The predicted molar refractivity (Wildman–Crippen MR) is 140 cm³/mol. The molecule has 2 aromatic heterocycles. The van der Waals surface area contributed by atoms with Crippen LogP contribution in [0, 0.1) is 12.9 Å². The molecule has 2 aromatic carbocycles. The van der Waals surface area contributed by atoms with E-state index in [4.69, 9.17) is 4.74 Å². The van der Waals surface area contributed by atoms with E-state index < -0.39 is 27.7 Å². The van der Waals surface area contributed by atoms with Crippen LogP contribution >= 0.6 is 0 Å². The van der Waals surface area contributed by atoms with Crippen molar-refractivity contribution in [2.75, 3.05) is 11.3 Å². The lowest BCUT2D eigenvalue weighted by Crippen LogP contribution is -2.19. The largest absolute Gasteiger partial charge is 0.493 e. The standard InChI is InChI=1S/C27H21F4N3O3S.CH4/c1-16-5-6-17(15-32-16)23-13-18(27(29,30)31)7-9-20(23)21-11-12-37-24-14-19(8-10-22(21)24)38(35,36)34-26-4-2-3-25(28)33-26;/h2-10,13-15,21H,11-12H2,1H3,(H,33,34);1H4/t21-;/m1./s1. The van der Waals surface area contributed by atoms with Crippen LogP contribution in [0.25, 0.3) is 11.1 Å². The number of rotatable bonds is 5. The average Bonchev–Trinajstić information content (AvgIpc) is 2.87. The maximum absolute atomic E-state index is 13.6. The van der Waals surface area contributed by atoms with Crippen molar-refractivity contribution in [3.05, 3.63) is 101 Å². The van der Waals surface area contributed by atoms with Gasteiger partial charge in [-0.3, -0.25) is 9.71 Å². The lowest BCUT2D eigenvalue weighted by atomic mass is 9.82. The molecule has 0 saturated carbocycles. The van der Waals surface area contributed by atoms with Gasteiger partial charge in [0.1, 0.15) is 11.6 Å². The van der Waals surface area contributed by atoms with Gasteiger partial charge in [0.25, 0.3) is 10.0 Å². The summed E-state index contributed by atoms with van der Waals surface area (Å²) in [7, 11) is -4.12. The number of hydrogen-bond acceptors (Lipinski definition) is 5. The molecule has 0 fully saturated rings. The summed E-state index contributed by atoms with van der Waals surface area (Å²) in [6, 6.07) is 15.1. The molecule has 3 heterocycles. The van der Waals surface area contributed by atoms with E-state index >= 15 is 0 Å². The highest BCUT2D eigenvalue weighted by Gasteiger charge is 2.33. The molecule has 0 radical (unpaired) electrons. The number of sulfonamides is 1. The van der Waals surface area contributed by atoms with E-state index in [0.717, 1.165) is 23.9 Å². The second-order valence-corrected chi connectivity index (χ2v) is 10.5. The summed E-state index contributed by atoms with van der Waals surface area (Å²) < 4.78 is 87.9. The highest BCUT2D eigenvalue weighted by atomic mass is 32.2. The van der Waals surface area contributed by atoms with Gasteiger partial charge >= 0.3 is 6.18 Å². The van der Waals surface area contributed by atoms with Crippen LogP contribution in [0.1, 0.15) is 42.1 Å². The molecule has 39 heavy (non-hydrogen) atoms. The molecule has 11 heteroatoms. The van der Waals surface area contributed by atoms with E-state index in [1.165, 1.54) is 36.5 Å². The predicted octanol–water partition coefficient (Wildman–Crippen LogP) is 6.96. The van der Waals surface area contributed by atoms with Crippen LogP contribution in [0.15, 0.2) is 77.8 Å². The number of pyridine rings is 2. The molecule has 0 bridgehead atoms. The van der Waals surface area contributed by atoms with Crippen molar-refractivity contribution in [2.45, 2.75) is 37.8 Å². The third-order valence-electron chi connectivity index (χ3n) is 6.27. The van der Waals surface area contributed by atoms with E-state index in [2.05, 4.69) is 14.7 Å². The van der Waals surface area contributed by atoms with Crippen LogP contribution in [0.3, 0.4) is 0 Å². The number of aryl methyl sites for hydroxylation is 1. The fourth-order valence-corrected chi connectivity index (χ4v) is 5.45. The summed E-state index contributed by atoms with van der Waals surface area (Å²) in [6.45, 7) is 2.02. The number of anilines is 1. The molecule has 1 N–H and O–H groups in total. The van der Waals surface area contributed by atoms with Crippen LogP contribution in [-0.2, 0) is 16.2 Å². The third-order valence-corrected chi connectivity index (χ3v) is 7.62. The quantitative estimate of drug-likeness (QED) is 0.211. The van der Waals surface area contributed by atoms with E-state index in [9.17, 15) is 26.0 Å². The summed E-state index contributed by atoms with van der Waals surface area (Å²) in [6.07, 6.45) is -2.51. The van der Waals surface area contributed by atoms with Gasteiger partial charge in [0.15, 0.2) is 0 Å². The fourth-order valence-electron chi connectivity index (χ4n) is 4.44. The Morgan fingerprint density at radius 2 is 1.77 bits per heavy atom. The minimum absolute atomic E-state index is 0. The highest BCUT2D eigenvalue weighted by molar-refractivity contribution is 7.92. The lowest BCUT2D eigenvalue weighted by Gasteiger charge is -2.29. The number of hydrogen-bond donors (Lipinski definition) is 1. The monoisotopic (exact) mass is 559 g/mol. The molecule has 4 aromatic rings. The van der Waals surface area contributed by atoms with Crippen LogP contribution in [0.5, 0.6) is 5.75 Å². The number of ether oxygens (including phenoxy) is 1. The minimum atomic E-state index is -4.52. The molecular weight excluding hydrogens is 534 g/mol. The number of nitrogens with one attached hydrogen (secondary N) is 1. The Morgan fingerprint density at radius 3 is 2.46 bits per heavy atom. The van der Waals surface area contributed by atoms with Gasteiger partial charge in [-0.15, -0.1) is 0 Å². The van der Waals surface area contributed by atoms with Crippen LogP contribution in [0.2, 0.25) is 0 Å². The van der Waals surface area contributed by atoms with Crippen molar-refractivity contribution in [1.82, 2.24) is 9.97 Å². The number of fused-ring (bicyclic) bond motifs is 1. The molecule has 204 valence electrons. The molecular formula is C28H25F4N3O3S. The second kappa shape index (κ2) is 10.6. The first-order chi connectivity index (χ1) is 18.0. The summed E-state index contributed by atoms with van der Waals surface area (Å²) in [5.41, 5.74) is 2.17. The molecule has 0 aliphatic carbocycles. The maximum atomic E-state index is 13.6. The van der Waals surface area contributed by atoms with Gasteiger partial charge in [0.2, 0.25) is 5.95 Å². The molecule has 1 aliphatic heterocycles. The van der Waals surface area contributed by atoms with Gasteiger partial charge in [0.05, 0.1) is 17.1 Å². The first-order valence-corrected chi connectivity index (χ1v) is 13.1. The molecule has 0 spiro atoms. The first-order valence-electron chi connectivity index (χ1n) is 11.6. The van der Waals surface area contributed by atoms with Gasteiger partial charge in [-0.2, -0.15) is 17.6 Å². The number of nitrogens with zero attached hydrogens (tertiary/aromatic N) is 2. The van der Waals surface area contributed by atoms with Crippen molar-refractivity contribution in [3.8, 4) is 16.9 Å². The van der Waals surface area contributed by atoms with Gasteiger partial charge in [-0.25, -0.2) is 13.4 Å². The van der Waals surface area contributed by atoms with E-state index in [0.29, 0.717) is 34.4 Å². The molecule has 0 saturated heterocycles. The maximum Gasteiger partial charge on any atom is 0.416 e. The normalized spacial score (nSPS) is 15.1. The van der Waals surface area contributed by atoms with Crippen molar-refractivity contribution in [1.29, 1.82) is 0 Å². The Hall–Kier alpha value is -3.99. The van der Waals surface area contributed by atoms with Crippen LogP contribution in [0.4, 0.5) is 23.4 Å². The van der Waals surface area contributed by atoms with E-state index in [1.807, 2.05) is 0 Å². The number of halogens is 4. The van der Waals surface area contributed by atoms with Crippen molar-refractivity contribution >= 4 is 15.8 Å². The Balaban J connectivity index is 0.00000353. The van der Waals surface area contributed by atoms with Gasteiger partial charge < -0.3 is 4.74 Å². The number of aromatic nitrogens is 2. The fraction of sp³-hybridized carbons (Fsp3) is 0.214. The summed E-state index contributed by atoms with van der Waals surface area (Å²) in [5.74, 6) is -1.07. The average molecular weight is 560 g/mol. The lowest BCUT2D eigenvalue weighted by molar-refractivity contribution is -0.137. The van der Waals surface area contributed by atoms with Crippen molar-refractivity contribution in [3.63, 3.8) is 0 Å². The minimum Gasteiger partial charge on any atom is -0.493 e. The molecule has 5 rings (SSSR count). The number of alkyl halides is 3. The Morgan fingerprint density at radius 1 is 1.00 bits per heavy atom. The second-order valence-electron chi connectivity index (χ2n) is 8.83. The summed E-state index contributed by atoms with van der Waals surface area (Å²) in [4.78, 5) is 7.64.